The monoisotopic (exact) mass is 427 g/mol. The lowest BCUT2D eigenvalue weighted by Crippen LogP contribution is -2.38. The van der Waals surface area contributed by atoms with Gasteiger partial charge in [-0.05, 0) is 25.0 Å². The van der Waals surface area contributed by atoms with Gasteiger partial charge in [-0.3, -0.25) is 4.79 Å². The number of nitrogens with one attached hydrogen (secondary N) is 1. The van der Waals surface area contributed by atoms with Crippen molar-refractivity contribution in [3.05, 3.63) is 30.1 Å². The fourth-order valence-electron chi connectivity index (χ4n) is 3.73. The molecule has 8 nitrogen and oxygen atoms in total. The average Bonchev–Trinajstić information content (AvgIpc) is 3.41. The van der Waals surface area contributed by atoms with Crippen LogP contribution in [-0.2, 0) is 10.2 Å². The highest BCUT2D eigenvalue weighted by Crippen LogP contribution is 2.35. The Kier molecular flexibility index (Phi) is 4.57. The van der Waals surface area contributed by atoms with E-state index in [9.17, 15) is 4.79 Å². The topological polar surface area (TPSA) is 81.0 Å². The molecule has 30 heavy (non-hydrogen) atoms. The molecule has 1 N–H and O–H groups in total. The van der Waals surface area contributed by atoms with Crippen LogP contribution >= 0.6 is 11.3 Å². The van der Waals surface area contributed by atoms with Gasteiger partial charge in [-0.2, -0.15) is 0 Å². The number of hydrogen-bond acceptors (Lipinski definition) is 7. The summed E-state index contributed by atoms with van der Waals surface area (Å²) in [5, 5.41) is 8.69. The third-order valence-electron chi connectivity index (χ3n) is 5.58. The van der Waals surface area contributed by atoms with Crippen LogP contribution in [-0.4, -0.2) is 40.4 Å². The van der Waals surface area contributed by atoms with Crippen LogP contribution in [0.25, 0.3) is 4.96 Å². The second kappa shape index (κ2) is 7.16. The molecule has 0 atom stereocenters. The summed E-state index contributed by atoms with van der Waals surface area (Å²) in [4.78, 5) is 20.6. The zero-order valence-corrected chi connectivity index (χ0v) is 18.2. The predicted molar refractivity (Wildman–Crippen MR) is 116 cm³/mol. The van der Waals surface area contributed by atoms with Gasteiger partial charge in [-0.25, -0.2) is 9.50 Å². The second-order valence-electron chi connectivity index (χ2n) is 8.81. The van der Waals surface area contributed by atoms with Gasteiger partial charge in [-0.15, -0.1) is 5.10 Å². The number of hydrogen-bond donors (Lipinski definition) is 1. The quantitative estimate of drug-likeness (QED) is 0.687. The van der Waals surface area contributed by atoms with E-state index < -0.39 is 0 Å². The van der Waals surface area contributed by atoms with Crippen molar-refractivity contribution in [2.45, 2.75) is 39.0 Å². The summed E-state index contributed by atoms with van der Waals surface area (Å²) in [5.74, 6) is 1.43. The van der Waals surface area contributed by atoms with E-state index in [0.29, 0.717) is 11.5 Å². The third-order valence-corrected chi connectivity index (χ3v) is 6.56. The van der Waals surface area contributed by atoms with Crippen LogP contribution in [0, 0.1) is 5.92 Å². The molecule has 0 bridgehead atoms. The molecule has 0 radical (unpaired) electrons. The van der Waals surface area contributed by atoms with Crippen LogP contribution < -0.4 is 19.7 Å². The number of aromatic nitrogens is 3. The van der Waals surface area contributed by atoms with Crippen molar-refractivity contribution in [3.63, 3.8) is 0 Å². The van der Waals surface area contributed by atoms with Gasteiger partial charge in [0.15, 0.2) is 11.5 Å². The van der Waals surface area contributed by atoms with Crippen LogP contribution in [0.5, 0.6) is 11.5 Å². The van der Waals surface area contributed by atoms with Crippen molar-refractivity contribution in [1.82, 2.24) is 14.6 Å². The van der Waals surface area contributed by atoms with E-state index in [0.717, 1.165) is 47.4 Å². The smallest absolute Gasteiger partial charge is 0.231 e. The second-order valence-corrected chi connectivity index (χ2v) is 9.74. The van der Waals surface area contributed by atoms with Gasteiger partial charge in [-0.1, -0.05) is 32.1 Å². The van der Waals surface area contributed by atoms with Crippen molar-refractivity contribution in [2.24, 2.45) is 5.92 Å². The molecule has 0 saturated carbocycles. The van der Waals surface area contributed by atoms with Gasteiger partial charge in [0.05, 0.1) is 11.9 Å². The Morgan fingerprint density at radius 2 is 1.97 bits per heavy atom. The number of rotatable bonds is 3. The lowest BCUT2D eigenvalue weighted by Gasteiger charge is -2.30. The first-order valence-electron chi connectivity index (χ1n) is 10.2. The summed E-state index contributed by atoms with van der Waals surface area (Å²) in [7, 11) is 0. The molecule has 0 unspecified atom stereocenters. The number of imidazole rings is 1. The summed E-state index contributed by atoms with van der Waals surface area (Å²) in [6.07, 6.45) is 3.61. The predicted octanol–water partition coefficient (Wildman–Crippen LogP) is 3.67. The van der Waals surface area contributed by atoms with E-state index in [-0.39, 0.29) is 24.0 Å². The molecule has 5 rings (SSSR count). The molecule has 1 fully saturated rings. The van der Waals surface area contributed by atoms with Crippen molar-refractivity contribution >= 4 is 33.0 Å². The summed E-state index contributed by atoms with van der Waals surface area (Å²) in [5.41, 5.74) is 1.80. The van der Waals surface area contributed by atoms with Crippen LogP contribution in [0.1, 0.15) is 39.3 Å². The van der Waals surface area contributed by atoms with Crippen LogP contribution in [0.2, 0.25) is 0 Å². The molecule has 4 heterocycles. The Hall–Kier alpha value is -2.81. The van der Waals surface area contributed by atoms with E-state index in [1.54, 1.807) is 11.3 Å². The van der Waals surface area contributed by atoms with Crippen molar-refractivity contribution < 1.29 is 14.3 Å². The number of ether oxygens (including phenoxy) is 2. The number of amides is 1. The fourth-order valence-corrected chi connectivity index (χ4v) is 4.67. The number of carbonyl (C=O) groups is 1. The number of carbonyl (C=O) groups excluding carboxylic acids is 1. The molecular weight excluding hydrogens is 402 g/mol. The number of benzene rings is 1. The highest BCUT2D eigenvalue weighted by Gasteiger charge is 2.28. The molecule has 2 aromatic heterocycles. The Bertz CT molecular complexity index is 1060. The molecule has 2 aliphatic rings. The van der Waals surface area contributed by atoms with E-state index in [2.05, 4.69) is 31.0 Å². The molecule has 1 saturated heterocycles. The highest BCUT2D eigenvalue weighted by molar-refractivity contribution is 7.20. The lowest BCUT2D eigenvalue weighted by atomic mass is 9.93. The van der Waals surface area contributed by atoms with E-state index in [4.69, 9.17) is 19.6 Å². The maximum absolute atomic E-state index is 12.7. The minimum atomic E-state index is -0.0109. The van der Waals surface area contributed by atoms with E-state index in [1.807, 2.05) is 28.9 Å². The SMILES string of the molecule is CC(C)(C)c1cn2nc(N3CCC(C(=O)Nc4ccc5c(c4)OCO5)CC3)sc2n1. The third kappa shape index (κ3) is 3.58. The van der Waals surface area contributed by atoms with Gasteiger partial charge in [0.2, 0.25) is 22.8 Å². The van der Waals surface area contributed by atoms with Gasteiger partial charge < -0.3 is 19.7 Å². The lowest BCUT2D eigenvalue weighted by molar-refractivity contribution is -0.120. The van der Waals surface area contributed by atoms with Crippen LogP contribution in [0.4, 0.5) is 10.8 Å². The van der Waals surface area contributed by atoms with Crippen molar-refractivity contribution in [2.75, 3.05) is 30.1 Å². The Labute approximate surface area is 178 Å². The molecule has 1 aromatic carbocycles. The molecule has 3 aromatic rings. The van der Waals surface area contributed by atoms with Gasteiger partial charge in [0, 0.05) is 36.2 Å². The maximum Gasteiger partial charge on any atom is 0.231 e. The standard InChI is InChI=1S/C21H25N5O3S/c1-21(2,3)17-11-26-19(23-17)30-20(24-26)25-8-6-13(7-9-25)18(27)22-14-4-5-15-16(10-14)29-12-28-15/h4-5,10-11,13H,6-9,12H2,1-3H3,(H,22,27). The van der Waals surface area contributed by atoms with Crippen LogP contribution in [0.3, 0.4) is 0 Å². The molecule has 0 aliphatic carbocycles. The molecule has 1 amide bonds. The van der Waals surface area contributed by atoms with E-state index >= 15 is 0 Å². The summed E-state index contributed by atoms with van der Waals surface area (Å²) >= 11 is 1.60. The normalized spacial score (nSPS) is 17.0. The zero-order valence-electron chi connectivity index (χ0n) is 17.3. The Morgan fingerprint density at radius 3 is 2.70 bits per heavy atom. The van der Waals surface area contributed by atoms with Crippen molar-refractivity contribution in [3.8, 4) is 11.5 Å². The van der Waals surface area contributed by atoms with Crippen molar-refractivity contribution in [1.29, 1.82) is 0 Å². The number of piperidine rings is 1. The Morgan fingerprint density at radius 1 is 1.20 bits per heavy atom. The van der Waals surface area contributed by atoms with Crippen LogP contribution in [0.15, 0.2) is 24.4 Å². The van der Waals surface area contributed by atoms with Gasteiger partial charge >= 0.3 is 0 Å². The summed E-state index contributed by atoms with van der Waals surface area (Å²) in [6.45, 7) is 8.30. The summed E-state index contributed by atoms with van der Waals surface area (Å²) in [6, 6.07) is 5.48. The number of nitrogens with zero attached hydrogens (tertiary/aromatic N) is 4. The zero-order chi connectivity index (χ0) is 20.9. The van der Waals surface area contributed by atoms with E-state index in [1.165, 1.54) is 0 Å². The minimum absolute atomic E-state index is 0.0109. The fraction of sp³-hybridized carbons (Fsp3) is 0.476. The minimum Gasteiger partial charge on any atom is -0.454 e. The molecule has 158 valence electrons. The number of fused-ring (bicyclic) bond motifs is 2. The largest absolute Gasteiger partial charge is 0.454 e. The van der Waals surface area contributed by atoms with Gasteiger partial charge in [0.1, 0.15) is 0 Å². The van der Waals surface area contributed by atoms with Gasteiger partial charge in [0.25, 0.3) is 0 Å². The molecule has 2 aliphatic heterocycles. The molecule has 0 spiro atoms. The molecular formula is C21H25N5O3S. The Balaban J connectivity index is 1.20. The average molecular weight is 428 g/mol. The first-order valence-corrected chi connectivity index (χ1v) is 11.0. The first-order chi connectivity index (χ1) is 14.4. The summed E-state index contributed by atoms with van der Waals surface area (Å²) < 4.78 is 12.6. The first kappa shape index (κ1) is 19.2. The molecule has 9 heteroatoms. The maximum atomic E-state index is 12.7. The highest BCUT2D eigenvalue weighted by atomic mass is 32.1. The number of anilines is 2.